The lowest BCUT2D eigenvalue weighted by Crippen LogP contribution is -2.45. The Balaban J connectivity index is 1.78. The number of nitrogens with zero attached hydrogens (tertiary/aromatic N) is 2. The molecule has 2 unspecified atom stereocenters. The number of benzene rings is 1. The van der Waals surface area contributed by atoms with E-state index in [9.17, 15) is 0 Å². The first-order valence-electron chi connectivity index (χ1n) is 9.24. The minimum absolute atomic E-state index is 0.0583. The molecule has 1 aromatic carbocycles. The Labute approximate surface area is 151 Å². The van der Waals surface area contributed by atoms with Crippen molar-refractivity contribution in [1.82, 2.24) is 15.5 Å². The Morgan fingerprint density at radius 3 is 2.60 bits per heavy atom. The molecule has 6 heteroatoms. The maximum Gasteiger partial charge on any atom is 0.191 e. The molecular weight excluding hydrogens is 316 g/mol. The lowest BCUT2D eigenvalue weighted by molar-refractivity contribution is 0.0220. The van der Waals surface area contributed by atoms with E-state index in [0.717, 1.165) is 51.1 Å². The number of morpholine rings is 1. The van der Waals surface area contributed by atoms with Crippen LogP contribution in [0.15, 0.2) is 35.3 Å². The normalized spacial score (nSPS) is 18.4. The zero-order chi connectivity index (χ0) is 17.9. The van der Waals surface area contributed by atoms with Crippen molar-refractivity contribution in [3.63, 3.8) is 0 Å². The van der Waals surface area contributed by atoms with Crippen LogP contribution in [0, 0.1) is 0 Å². The summed E-state index contributed by atoms with van der Waals surface area (Å²) in [7, 11) is 0. The maximum absolute atomic E-state index is 5.90. The molecule has 6 nitrogen and oxygen atoms in total. The summed E-state index contributed by atoms with van der Waals surface area (Å²) in [5.74, 6) is 1.73. The van der Waals surface area contributed by atoms with Crippen molar-refractivity contribution in [2.45, 2.75) is 32.9 Å². The van der Waals surface area contributed by atoms with Gasteiger partial charge in [-0.3, -0.25) is 9.89 Å². The fourth-order valence-electron chi connectivity index (χ4n) is 2.71. The monoisotopic (exact) mass is 348 g/mol. The van der Waals surface area contributed by atoms with Crippen molar-refractivity contribution in [2.75, 3.05) is 45.9 Å². The van der Waals surface area contributed by atoms with E-state index < -0.39 is 0 Å². The summed E-state index contributed by atoms with van der Waals surface area (Å²) in [5, 5.41) is 6.67. The van der Waals surface area contributed by atoms with Crippen LogP contribution >= 0.6 is 0 Å². The van der Waals surface area contributed by atoms with Crippen LogP contribution in [0.25, 0.3) is 0 Å². The van der Waals surface area contributed by atoms with Crippen LogP contribution in [0.5, 0.6) is 5.75 Å². The van der Waals surface area contributed by atoms with Gasteiger partial charge in [-0.2, -0.15) is 0 Å². The van der Waals surface area contributed by atoms with Gasteiger partial charge in [0.15, 0.2) is 5.96 Å². The van der Waals surface area contributed by atoms with E-state index in [0.29, 0.717) is 12.6 Å². The van der Waals surface area contributed by atoms with E-state index in [1.807, 2.05) is 30.3 Å². The largest absolute Gasteiger partial charge is 0.489 e. The van der Waals surface area contributed by atoms with E-state index in [-0.39, 0.29) is 6.10 Å². The van der Waals surface area contributed by atoms with E-state index in [1.165, 1.54) is 0 Å². The summed E-state index contributed by atoms with van der Waals surface area (Å²) in [6.45, 7) is 12.3. The first-order chi connectivity index (χ1) is 12.2. The van der Waals surface area contributed by atoms with Gasteiger partial charge >= 0.3 is 0 Å². The predicted octanol–water partition coefficient (Wildman–Crippen LogP) is 1.73. The predicted molar refractivity (Wildman–Crippen MR) is 102 cm³/mol. The lowest BCUT2D eigenvalue weighted by atomic mass is 10.2. The van der Waals surface area contributed by atoms with Crippen molar-refractivity contribution in [1.29, 1.82) is 0 Å². The molecule has 1 saturated heterocycles. The molecule has 1 heterocycles. The molecule has 2 atom stereocenters. The molecule has 0 aliphatic carbocycles. The second-order valence-corrected chi connectivity index (χ2v) is 6.34. The number of hydrogen-bond acceptors (Lipinski definition) is 4. The maximum atomic E-state index is 5.90. The molecule has 0 amide bonds. The molecule has 0 radical (unpaired) electrons. The average molecular weight is 348 g/mol. The van der Waals surface area contributed by atoms with Crippen LogP contribution in [-0.2, 0) is 4.74 Å². The fraction of sp³-hybridized carbons (Fsp3) is 0.632. The van der Waals surface area contributed by atoms with Gasteiger partial charge in [0, 0.05) is 25.7 Å². The number of hydrogen-bond donors (Lipinski definition) is 2. The fourth-order valence-corrected chi connectivity index (χ4v) is 2.71. The number of rotatable bonds is 8. The molecule has 0 saturated carbocycles. The van der Waals surface area contributed by atoms with E-state index in [2.05, 4.69) is 36.3 Å². The molecular formula is C19H32N4O2. The van der Waals surface area contributed by atoms with Crippen molar-refractivity contribution >= 4 is 5.96 Å². The average Bonchev–Trinajstić information content (AvgIpc) is 2.65. The highest BCUT2D eigenvalue weighted by Crippen LogP contribution is 2.10. The number of nitrogens with one attached hydrogen (secondary N) is 2. The van der Waals surface area contributed by atoms with Crippen LogP contribution < -0.4 is 15.4 Å². The van der Waals surface area contributed by atoms with Gasteiger partial charge in [-0.15, -0.1) is 0 Å². The molecule has 1 aromatic rings. The van der Waals surface area contributed by atoms with Gasteiger partial charge < -0.3 is 20.1 Å². The summed E-state index contributed by atoms with van der Waals surface area (Å²) in [6.07, 6.45) is 0.0583. The zero-order valence-corrected chi connectivity index (χ0v) is 15.7. The third kappa shape index (κ3) is 7.32. The Hall–Kier alpha value is -1.79. The highest BCUT2D eigenvalue weighted by molar-refractivity contribution is 5.79. The second kappa shape index (κ2) is 10.9. The Morgan fingerprint density at radius 2 is 1.92 bits per heavy atom. The van der Waals surface area contributed by atoms with E-state index >= 15 is 0 Å². The van der Waals surface area contributed by atoms with E-state index in [4.69, 9.17) is 14.5 Å². The van der Waals surface area contributed by atoms with Gasteiger partial charge in [-0.05, 0) is 32.9 Å². The van der Waals surface area contributed by atoms with Crippen molar-refractivity contribution in [3.05, 3.63) is 30.3 Å². The Bertz CT molecular complexity index is 503. The van der Waals surface area contributed by atoms with Crippen molar-refractivity contribution < 1.29 is 9.47 Å². The van der Waals surface area contributed by atoms with Crippen LogP contribution in [0.3, 0.4) is 0 Å². The standard InChI is InChI=1S/C19H32N4O2/c1-4-20-19(21-14-16(2)23-10-12-24-13-11-23)22-15-17(3)25-18-8-6-5-7-9-18/h5-9,16-17H,4,10-15H2,1-3H3,(H2,20,21,22). The van der Waals surface area contributed by atoms with Gasteiger partial charge in [-0.1, -0.05) is 18.2 Å². The minimum Gasteiger partial charge on any atom is -0.489 e. The minimum atomic E-state index is 0.0583. The Morgan fingerprint density at radius 1 is 1.20 bits per heavy atom. The first-order valence-corrected chi connectivity index (χ1v) is 9.24. The van der Waals surface area contributed by atoms with Gasteiger partial charge in [0.25, 0.3) is 0 Å². The van der Waals surface area contributed by atoms with Crippen LogP contribution in [0.2, 0.25) is 0 Å². The molecule has 25 heavy (non-hydrogen) atoms. The molecule has 1 fully saturated rings. The van der Waals surface area contributed by atoms with Gasteiger partial charge in [0.05, 0.1) is 26.3 Å². The number of guanidine groups is 1. The molecule has 140 valence electrons. The molecule has 0 aromatic heterocycles. The van der Waals surface area contributed by atoms with Crippen molar-refractivity contribution in [2.24, 2.45) is 4.99 Å². The summed E-state index contributed by atoms with van der Waals surface area (Å²) in [6, 6.07) is 10.3. The summed E-state index contributed by atoms with van der Waals surface area (Å²) in [5.41, 5.74) is 0. The summed E-state index contributed by atoms with van der Waals surface area (Å²) >= 11 is 0. The third-order valence-electron chi connectivity index (χ3n) is 4.16. The molecule has 0 spiro atoms. The first kappa shape index (κ1) is 19.5. The Kier molecular flexibility index (Phi) is 8.55. The molecule has 1 aliphatic heterocycles. The van der Waals surface area contributed by atoms with Gasteiger partial charge in [0.1, 0.15) is 11.9 Å². The SMILES string of the molecule is CCNC(=NCC(C)N1CCOCC1)NCC(C)Oc1ccccc1. The van der Waals surface area contributed by atoms with Crippen LogP contribution in [0.1, 0.15) is 20.8 Å². The lowest BCUT2D eigenvalue weighted by Gasteiger charge is -2.31. The van der Waals surface area contributed by atoms with Gasteiger partial charge in [0.2, 0.25) is 0 Å². The van der Waals surface area contributed by atoms with Crippen LogP contribution in [0.4, 0.5) is 0 Å². The van der Waals surface area contributed by atoms with Crippen molar-refractivity contribution in [3.8, 4) is 5.75 Å². The quantitative estimate of drug-likeness (QED) is 0.553. The number of para-hydroxylation sites is 1. The topological polar surface area (TPSA) is 58.1 Å². The molecule has 2 rings (SSSR count). The highest BCUT2D eigenvalue weighted by atomic mass is 16.5. The third-order valence-corrected chi connectivity index (χ3v) is 4.16. The molecule has 0 bridgehead atoms. The van der Waals surface area contributed by atoms with Gasteiger partial charge in [-0.25, -0.2) is 0 Å². The number of ether oxygens (including phenoxy) is 2. The second-order valence-electron chi connectivity index (χ2n) is 6.34. The molecule has 2 N–H and O–H groups in total. The van der Waals surface area contributed by atoms with Crippen LogP contribution in [-0.4, -0.2) is 68.9 Å². The summed E-state index contributed by atoms with van der Waals surface area (Å²) < 4.78 is 11.3. The van der Waals surface area contributed by atoms with E-state index in [1.54, 1.807) is 0 Å². The molecule has 1 aliphatic rings. The highest BCUT2D eigenvalue weighted by Gasteiger charge is 2.16. The smallest absolute Gasteiger partial charge is 0.191 e. The number of aliphatic imine (C=N–C) groups is 1. The summed E-state index contributed by atoms with van der Waals surface area (Å²) in [4.78, 5) is 7.15. The zero-order valence-electron chi connectivity index (χ0n) is 15.7.